The van der Waals surface area contributed by atoms with Gasteiger partial charge in [0.05, 0.1) is 11.3 Å². The first-order chi connectivity index (χ1) is 10.1. The lowest BCUT2D eigenvalue weighted by Gasteiger charge is -2.36. The Morgan fingerprint density at radius 2 is 2.19 bits per heavy atom. The molecule has 0 amide bonds. The number of rotatable bonds is 4. The largest absolute Gasteiger partial charge is 0.459 e. The van der Waals surface area contributed by atoms with Gasteiger partial charge in [0.15, 0.2) is 0 Å². The Balaban J connectivity index is 1.65. The molecule has 0 aliphatic carbocycles. The fraction of sp³-hybridized carbons (Fsp3) is 0.500. The molecule has 1 aliphatic rings. The number of hydrogen-bond acceptors (Lipinski definition) is 6. The van der Waals surface area contributed by atoms with E-state index in [9.17, 15) is 0 Å². The molecule has 1 saturated heterocycles. The van der Waals surface area contributed by atoms with Gasteiger partial charge in [0.1, 0.15) is 12.7 Å². The molecule has 2 heterocycles. The highest BCUT2D eigenvalue weighted by atomic mass is 16.6. The van der Waals surface area contributed by atoms with E-state index in [1.165, 1.54) is 0 Å². The molecule has 7 nitrogen and oxygen atoms in total. The maximum atomic E-state index is 5.95. The summed E-state index contributed by atoms with van der Waals surface area (Å²) in [6, 6.07) is 10.0. The molecule has 0 bridgehead atoms. The Hall–Kier alpha value is -1.99. The number of ether oxygens (including phenoxy) is 2. The van der Waals surface area contributed by atoms with E-state index >= 15 is 0 Å². The van der Waals surface area contributed by atoms with Gasteiger partial charge in [0.25, 0.3) is 0 Å². The van der Waals surface area contributed by atoms with Crippen LogP contribution in [0, 0.1) is 0 Å². The molecule has 1 fully saturated rings. The standard InChI is InChI=1S/C14H19N5O2/c1-14(2)10-15-8-12(21-14)9-20-13-16-17-18-19(13)11-6-4-3-5-7-11/h3-7,12,15H,8-10H2,1-2H3. The highest BCUT2D eigenvalue weighted by molar-refractivity contribution is 5.31. The van der Waals surface area contributed by atoms with Crippen LogP contribution in [0.1, 0.15) is 13.8 Å². The molecule has 1 atom stereocenters. The molecule has 0 saturated carbocycles. The second-order valence-electron chi connectivity index (χ2n) is 5.65. The summed E-state index contributed by atoms with van der Waals surface area (Å²) in [6.07, 6.45) is -0.0188. The number of benzene rings is 1. The van der Waals surface area contributed by atoms with E-state index in [0.717, 1.165) is 18.8 Å². The van der Waals surface area contributed by atoms with Crippen molar-refractivity contribution in [3.05, 3.63) is 30.3 Å². The third-order valence-electron chi connectivity index (χ3n) is 3.25. The van der Waals surface area contributed by atoms with E-state index in [2.05, 4.69) is 34.7 Å². The number of tetrazole rings is 1. The summed E-state index contributed by atoms with van der Waals surface area (Å²) in [7, 11) is 0. The molecule has 3 rings (SSSR count). The predicted octanol–water partition coefficient (Wildman–Crippen LogP) is 0.808. The second kappa shape index (κ2) is 5.79. The summed E-state index contributed by atoms with van der Waals surface area (Å²) >= 11 is 0. The van der Waals surface area contributed by atoms with Crippen molar-refractivity contribution >= 4 is 0 Å². The van der Waals surface area contributed by atoms with Gasteiger partial charge in [0, 0.05) is 13.1 Å². The lowest BCUT2D eigenvalue weighted by Crippen LogP contribution is -2.52. The van der Waals surface area contributed by atoms with E-state index in [1.54, 1.807) is 4.68 Å². The van der Waals surface area contributed by atoms with Crippen LogP contribution in [0.3, 0.4) is 0 Å². The Morgan fingerprint density at radius 1 is 1.38 bits per heavy atom. The van der Waals surface area contributed by atoms with Crippen molar-refractivity contribution in [3.8, 4) is 11.7 Å². The van der Waals surface area contributed by atoms with Crippen molar-refractivity contribution in [2.24, 2.45) is 0 Å². The number of nitrogens with one attached hydrogen (secondary N) is 1. The molecular formula is C14H19N5O2. The molecule has 2 aromatic rings. The number of nitrogens with zero attached hydrogens (tertiary/aromatic N) is 4. The summed E-state index contributed by atoms with van der Waals surface area (Å²) in [5.41, 5.74) is 0.679. The number of morpholine rings is 1. The summed E-state index contributed by atoms with van der Waals surface area (Å²) in [4.78, 5) is 0. The maximum Gasteiger partial charge on any atom is 0.340 e. The third-order valence-corrected chi connectivity index (χ3v) is 3.25. The molecule has 1 unspecified atom stereocenters. The topological polar surface area (TPSA) is 74.1 Å². The van der Waals surface area contributed by atoms with Crippen LogP contribution in [0.4, 0.5) is 0 Å². The minimum atomic E-state index is -0.183. The Bertz CT molecular complexity index is 584. The molecule has 1 aliphatic heterocycles. The van der Waals surface area contributed by atoms with Gasteiger partial charge in [-0.25, -0.2) is 0 Å². The Labute approximate surface area is 123 Å². The van der Waals surface area contributed by atoms with Gasteiger partial charge in [-0.2, -0.15) is 4.68 Å². The third kappa shape index (κ3) is 3.37. The first-order valence-corrected chi connectivity index (χ1v) is 6.99. The molecule has 7 heteroatoms. The van der Waals surface area contributed by atoms with Crippen LogP contribution >= 0.6 is 0 Å². The predicted molar refractivity (Wildman–Crippen MR) is 76.5 cm³/mol. The molecule has 0 spiro atoms. The van der Waals surface area contributed by atoms with E-state index in [0.29, 0.717) is 12.6 Å². The molecule has 21 heavy (non-hydrogen) atoms. The lowest BCUT2D eigenvalue weighted by atomic mass is 10.1. The van der Waals surface area contributed by atoms with Crippen LogP contribution in [0.25, 0.3) is 5.69 Å². The van der Waals surface area contributed by atoms with Crippen LogP contribution in [-0.4, -0.2) is 51.6 Å². The zero-order valence-corrected chi connectivity index (χ0v) is 12.2. The summed E-state index contributed by atoms with van der Waals surface area (Å²) in [5.74, 6) is 0. The fourth-order valence-electron chi connectivity index (χ4n) is 2.33. The summed E-state index contributed by atoms with van der Waals surface area (Å²) in [5, 5.41) is 14.9. The molecule has 1 aromatic carbocycles. The van der Waals surface area contributed by atoms with Crippen molar-refractivity contribution in [2.75, 3.05) is 19.7 Å². The Morgan fingerprint density at radius 3 is 2.95 bits per heavy atom. The SMILES string of the molecule is CC1(C)CNCC(COc2nnnn2-c2ccccc2)O1. The zero-order valence-electron chi connectivity index (χ0n) is 12.2. The number of para-hydroxylation sites is 1. The van der Waals surface area contributed by atoms with Gasteiger partial charge < -0.3 is 14.8 Å². The van der Waals surface area contributed by atoms with Crippen molar-refractivity contribution in [1.82, 2.24) is 25.5 Å². The van der Waals surface area contributed by atoms with Crippen molar-refractivity contribution < 1.29 is 9.47 Å². The van der Waals surface area contributed by atoms with Crippen LogP contribution in [0.2, 0.25) is 0 Å². The van der Waals surface area contributed by atoms with Gasteiger partial charge in [-0.3, -0.25) is 0 Å². The first kappa shape index (κ1) is 14.0. The molecule has 1 N–H and O–H groups in total. The quantitative estimate of drug-likeness (QED) is 0.898. The maximum absolute atomic E-state index is 5.95. The van der Waals surface area contributed by atoms with Crippen molar-refractivity contribution in [3.63, 3.8) is 0 Å². The van der Waals surface area contributed by atoms with E-state index < -0.39 is 0 Å². The minimum absolute atomic E-state index is 0.0188. The minimum Gasteiger partial charge on any atom is -0.459 e. The summed E-state index contributed by atoms with van der Waals surface area (Å²) < 4.78 is 13.2. The van der Waals surface area contributed by atoms with E-state index in [1.807, 2.05) is 30.3 Å². The molecule has 112 valence electrons. The summed E-state index contributed by atoms with van der Waals surface area (Å²) in [6.45, 7) is 6.12. The second-order valence-corrected chi connectivity index (χ2v) is 5.65. The van der Waals surface area contributed by atoms with Crippen molar-refractivity contribution in [2.45, 2.75) is 25.6 Å². The average molecular weight is 289 g/mol. The first-order valence-electron chi connectivity index (χ1n) is 6.99. The van der Waals surface area contributed by atoms with Gasteiger partial charge in [-0.05, 0) is 36.4 Å². The average Bonchev–Trinajstić information content (AvgIpc) is 2.93. The van der Waals surface area contributed by atoms with Crippen molar-refractivity contribution in [1.29, 1.82) is 0 Å². The molecule has 1 aromatic heterocycles. The number of aromatic nitrogens is 4. The van der Waals surface area contributed by atoms with Crippen LogP contribution in [-0.2, 0) is 4.74 Å². The molecular weight excluding hydrogens is 270 g/mol. The van der Waals surface area contributed by atoms with Crippen LogP contribution in [0.5, 0.6) is 6.01 Å². The Kier molecular flexibility index (Phi) is 3.85. The van der Waals surface area contributed by atoms with E-state index in [4.69, 9.17) is 9.47 Å². The van der Waals surface area contributed by atoms with Gasteiger partial charge in [0.2, 0.25) is 0 Å². The monoisotopic (exact) mass is 289 g/mol. The normalized spacial score (nSPS) is 21.1. The van der Waals surface area contributed by atoms with Crippen LogP contribution in [0.15, 0.2) is 30.3 Å². The van der Waals surface area contributed by atoms with Crippen LogP contribution < -0.4 is 10.1 Å². The van der Waals surface area contributed by atoms with Gasteiger partial charge in [-0.15, -0.1) is 0 Å². The lowest BCUT2D eigenvalue weighted by molar-refractivity contribution is -0.107. The molecule has 0 radical (unpaired) electrons. The zero-order chi connectivity index (χ0) is 14.7. The fourth-order valence-corrected chi connectivity index (χ4v) is 2.33. The van der Waals surface area contributed by atoms with E-state index in [-0.39, 0.29) is 11.7 Å². The highest BCUT2D eigenvalue weighted by Crippen LogP contribution is 2.17. The smallest absolute Gasteiger partial charge is 0.340 e. The number of hydrogen-bond donors (Lipinski definition) is 1. The van der Waals surface area contributed by atoms with Gasteiger partial charge in [-0.1, -0.05) is 23.3 Å². The van der Waals surface area contributed by atoms with Gasteiger partial charge >= 0.3 is 6.01 Å². The highest BCUT2D eigenvalue weighted by Gasteiger charge is 2.29.